The van der Waals surface area contributed by atoms with E-state index < -0.39 is 0 Å². The first kappa shape index (κ1) is 12.5. The second-order valence-electron chi connectivity index (χ2n) is 4.25. The van der Waals surface area contributed by atoms with Crippen LogP contribution in [0.4, 0.5) is 0 Å². The number of hydrogen-bond acceptors (Lipinski definition) is 4. The maximum atomic E-state index is 11.8. The van der Waals surface area contributed by atoms with E-state index in [1.807, 2.05) is 0 Å². The van der Waals surface area contributed by atoms with Crippen molar-refractivity contribution in [3.8, 4) is 0 Å². The number of aromatic nitrogens is 1. The third kappa shape index (κ3) is 2.84. The Labute approximate surface area is 105 Å². The van der Waals surface area contributed by atoms with Crippen molar-refractivity contribution in [3.05, 3.63) is 29.6 Å². The number of amides is 2. The maximum Gasteiger partial charge on any atom is 0.269 e. The number of rotatable bonds is 4. The van der Waals surface area contributed by atoms with Crippen molar-refractivity contribution in [1.82, 2.24) is 20.9 Å². The quantitative estimate of drug-likeness (QED) is 0.664. The van der Waals surface area contributed by atoms with Gasteiger partial charge in [0, 0.05) is 38.8 Å². The van der Waals surface area contributed by atoms with Gasteiger partial charge in [0.25, 0.3) is 11.8 Å². The van der Waals surface area contributed by atoms with Crippen molar-refractivity contribution in [2.24, 2.45) is 5.92 Å². The highest BCUT2D eigenvalue weighted by Crippen LogP contribution is 2.03. The van der Waals surface area contributed by atoms with E-state index in [0.29, 0.717) is 23.7 Å². The Morgan fingerprint density at radius 3 is 2.67 bits per heavy atom. The standard InChI is InChI=1S/C12H16N4O2/c1-13-12(18)10-3-2-9(7-15-10)11(17)16-6-8-4-14-5-8/h2-3,7-8,14H,4-6H2,1H3,(H,13,18)(H,16,17). The van der Waals surface area contributed by atoms with Crippen molar-refractivity contribution in [2.45, 2.75) is 0 Å². The molecular weight excluding hydrogens is 232 g/mol. The highest BCUT2D eigenvalue weighted by Gasteiger charge is 2.17. The van der Waals surface area contributed by atoms with Crippen LogP contribution in [0.25, 0.3) is 0 Å². The largest absolute Gasteiger partial charge is 0.354 e. The number of nitrogens with zero attached hydrogens (tertiary/aromatic N) is 1. The van der Waals surface area contributed by atoms with Crippen LogP contribution in [0.3, 0.4) is 0 Å². The van der Waals surface area contributed by atoms with Crippen molar-refractivity contribution < 1.29 is 9.59 Å². The fourth-order valence-electron chi connectivity index (χ4n) is 1.62. The van der Waals surface area contributed by atoms with Gasteiger partial charge in [0.15, 0.2) is 0 Å². The Morgan fingerprint density at radius 2 is 2.17 bits per heavy atom. The van der Waals surface area contributed by atoms with Crippen LogP contribution >= 0.6 is 0 Å². The minimum atomic E-state index is -0.262. The van der Waals surface area contributed by atoms with Crippen LogP contribution in [0.15, 0.2) is 18.3 Å². The van der Waals surface area contributed by atoms with Crippen LogP contribution in [0, 0.1) is 5.92 Å². The Kier molecular flexibility index (Phi) is 3.88. The zero-order valence-corrected chi connectivity index (χ0v) is 10.2. The molecule has 1 aromatic rings. The summed E-state index contributed by atoms with van der Waals surface area (Å²) in [7, 11) is 1.54. The van der Waals surface area contributed by atoms with Crippen molar-refractivity contribution in [2.75, 3.05) is 26.7 Å². The molecule has 1 fully saturated rings. The van der Waals surface area contributed by atoms with Gasteiger partial charge in [-0.15, -0.1) is 0 Å². The molecule has 1 saturated heterocycles. The van der Waals surface area contributed by atoms with Gasteiger partial charge in [0.2, 0.25) is 0 Å². The summed E-state index contributed by atoms with van der Waals surface area (Å²) in [4.78, 5) is 27.0. The van der Waals surface area contributed by atoms with Crippen molar-refractivity contribution in [1.29, 1.82) is 0 Å². The molecule has 0 bridgehead atoms. The van der Waals surface area contributed by atoms with E-state index in [0.717, 1.165) is 13.1 Å². The molecule has 0 atom stereocenters. The second kappa shape index (κ2) is 5.59. The second-order valence-corrected chi connectivity index (χ2v) is 4.25. The van der Waals surface area contributed by atoms with E-state index in [4.69, 9.17) is 0 Å². The first-order valence-electron chi connectivity index (χ1n) is 5.87. The molecule has 0 aliphatic carbocycles. The smallest absolute Gasteiger partial charge is 0.269 e. The molecule has 2 heterocycles. The number of pyridine rings is 1. The molecule has 1 aliphatic heterocycles. The summed E-state index contributed by atoms with van der Waals surface area (Å²) in [5.74, 6) is 0.104. The highest BCUT2D eigenvalue weighted by molar-refractivity contribution is 5.96. The fourth-order valence-corrected chi connectivity index (χ4v) is 1.62. The average Bonchev–Trinajstić information content (AvgIpc) is 2.36. The van der Waals surface area contributed by atoms with Gasteiger partial charge in [-0.25, -0.2) is 0 Å². The van der Waals surface area contributed by atoms with Gasteiger partial charge in [-0.3, -0.25) is 14.6 Å². The lowest BCUT2D eigenvalue weighted by Crippen LogP contribution is -2.48. The van der Waals surface area contributed by atoms with Crippen LogP contribution < -0.4 is 16.0 Å². The lowest BCUT2D eigenvalue weighted by atomic mass is 10.0. The molecule has 0 saturated carbocycles. The third-order valence-electron chi connectivity index (χ3n) is 2.90. The molecule has 96 valence electrons. The molecule has 3 N–H and O–H groups in total. The molecule has 2 rings (SSSR count). The molecule has 1 aliphatic rings. The van der Waals surface area contributed by atoms with Gasteiger partial charge < -0.3 is 16.0 Å². The minimum Gasteiger partial charge on any atom is -0.354 e. The van der Waals surface area contributed by atoms with E-state index >= 15 is 0 Å². The van der Waals surface area contributed by atoms with Gasteiger partial charge in [-0.2, -0.15) is 0 Å². The zero-order valence-electron chi connectivity index (χ0n) is 10.2. The summed E-state index contributed by atoms with van der Waals surface area (Å²) in [6, 6.07) is 3.14. The molecule has 0 spiro atoms. The lowest BCUT2D eigenvalue weighted by Gasteiger charge is -2.27. The summed E-state index contributed by atoms with van der Waals surface area (Å²) in [6.07, 6.45) is 1.42. The lowest BCUT2D eigenvalue weighted by molar-refractivity contribution is 0.0934. The molecule has 1 aromatic heterocycles. The van der Waals surface area contributed by atoms with Crippen molar-refractivity contribution >= 4 is 11.8 Å². The van der Waals surface area contributed by atoms with Gasteiger partial charge in [0.05, 0.1) is 5.56 Å². The van der Waals surface area contributed by atoms with Crippen LogP contribution in [0.5, 0.6) is 0 Å². The summed E-state index contributed by atoms with van der Waals surface area (Å²) >= 11 is 0. The first-order chi connectivity index (χ1) is 8.70. The third-order valence-corrected chi connectivity index (χ3v) is 2.90. The van der Waals surface area contributed by atoms with Crippen molar-refractivity contribution in [3.63, 3.8) is 0 Å². The molecule has 18 heavy (non-hydrogen) atoms. The average molecular weight is 248 g/mol. The Hall–Kier alpha value is -1.95. The van der Waals surface area contributed by atoms with E-state index in [1.54, 1.807) is 12.1 Å². The number of hydrogen-bond donors (Lipinski definition) is 3. The monoisotopic (exact) mass is 248 g/mol. The van der Waals surface area contributed by atoms with Crippen LogP contribution in [-0.4, -0.2) is 43.5 Å². The van der Waals surface area contributed by atoms with Gasteiger partial charge in [-0.05, 0) is 12.1 Å². The first-order valence-corrected chi connectivity index (χ1v) is 5.87. The van der Waals surface area contributed by atoms with Crippen LogP contribution in [0.2, 0.25) is 0 Å². The Bertz CT molecular complexity index is 440. The highest BCUT2D eigenvalue weighted by atomic mass is 16.2. The maximum absolute atomic E-state index is 11.8. The molecular formula is C12H16N4O2. The SMILES string of the molecule is CNC(=O)c1ccc(C(=O)NCC2CNC2)cn1. The molecule has 0 aromatic carbocycles. The topological polar surface area (TPSA) is 83.1 Å². The molecule has 2 amide bonds. The summed E-state index contributed by atoms with van der Waals surface area (Å²) in [6.45, 7) is 2.57. The summed E-state index contributed by atoms with van der Waals surface area (Å²) < 4.78 is 0. The van der Waals surface area contributed by atoms with E-state index in [1.165, 1.54) is 13.2 Å². The van der Waals surface area contributed by atoms with Gasteiger partial charge >= 0.3 is 0 Å². The van der Waals surface area contributed by atoms with E-state index in [9.17, 15) is 9.59 Å². The molecule has 6 nitrogen and oxygen atoms in total. The predicted octanol–water partition coefficient (Wildman–Crippen LogP) is -0.610. The van der Waals surface area contributed by atoms with Crippen LogP contribution in [0.1, 0.15) is 20.8 Å². The van der Waals surface area contributed by atoms with E-state index in [-0.39, 0.29) is 11.8 Å². The number of carbonyl (C=O) groups is 2. The molecule has 0 unspecified atom stereocenters. The molecule has 0 radical (unpaired) electrons. The predicted molar refractivity (Wildman–Crippen MR) is 66.3 cm³/mol. The summed E-state index contributed by atoms with van der Waals surface area (Å²) in [5, 5.41) is 8.46. The Morgan fingerprint density at radius 1 is 1.39 bits per heavy atom. The van der Waals surface area contributed by atoms with Gasteiger partial charge in [-0.1, -0.05) is 0 Å². The zero-order chi connectivity index (χ0) is 13.0. The Balaban J connectivity index is 1.91. The van der Waals surface area contributed by atoms with Crippen LogP contribution in [-0.2, 0) is 0 Å². The normalized spacial score (nSPS) is 14.7. The number of nitrogens with one attached hydrogen (secondary N) is 3. The van der Waals surface area contributed by atoms with E-state index in [2.05, 4.69) is 20.9 Å². The fraction of sp³-hybridized carbons (Fsp3) is 0.417. The summed E-state index contributed by atoms with van der Waals surface area (Å²) in [5.41, 5.74) is 0.771. The molecule has 6 heteroatoms. The minimum absolute atomic E-state index is 0.155. The number of carbonyl (C=O) groups excluding carboxylic acids is 2. The van der Waals surface area contributed by atoms with Gasteiger partial charge in [0.1, 0.15) is 5.69 Å².